The maximum absolute atomic E-state index is 13.0. The number of carbonyl (C=O) groups excluding carboxylic acids is 1. The molecule has 1 N–H and O–H groups in total. The van der Waals surface area contributed by atoms with Gasteiger partial charge in [0.15, 0.2) is 0 Å². The number of hydrogen-bond donors (Lipinski definition) is 1. The fourth-order valence-corrected chi connectivity index (χ4v) is 3.81. The molecule has 0 unspecified atom stereocenters. The van der Waals surface area contributed by atoms with Crippen molar-refractivity contribution < 1.29 is 17.6 Å². The van der Waals surface area contributed by atoms with E-state index in [9.17, 15) is 17.6 Å². The van der Waals surface area contributed by atoms with Crippen molar-refractivity contribution in [1.82, 2.24) is 9.62 Å². The number of piperazine rings is 1. The number of rotatable bonds is 5. The van der Waals surface area contributed by atoms with Crippen molar-refractivity contribution in [3.8, 4) is 0 Å². The van der Waals surface area contributed by atoms with Crippen molar-refractivity contribution in [2.75, 3.05) is 37.6 Å². The van der Waals surface area contributed by atoms with Gasteiger partial charge in [-0.15, -0.1) is 0 Å². The second-order valence-corrected chi connectivity index (χ2v) is 7.75. The summed E-state index contributed by atoms with van der Waals surface area (Å²) in [6.07, 6.45) is 0. The third kappa shape index (κ3) is 4.39. The number of anilines is 1. The van der Waals surface area contributed by atoms with E-state index in [0.29, 0.717) is 26.2 Å². The van der Waals surface area contributed by atoms with Gasteiger partial charge >= 0.3 is 0 Å². The smallest absolute Gasteiger partial charge is 0.241 e. The van der Waals surface area contributed by atoms with Gasteiger partial charge in [0.1, 0.15) is 5.82 Å². The summed E-state index contributed by atoms with van der Waals surface area (Å²) < 4.78 is 39.7. The molecule has 1 fully saturated rings. The highest BCUT2D eigenvalue weighted by Crippen LogP contribution is 2.17. The molecule has 0 aromatic heterocycles. The molecule has 2 aromatic rings. The van der Waals surface area contributed by atoms with Gasteiger partial charge in [-0.05, 0) is 36.4 Å². The first-order valence-corrected chi connectivity index (χ1v) is 9.77. The van der Waals surface area contributed by atoms with E-state index in [0.717, 1.165) is 5.69 Å². The lowest BCUT2D eigenvalue weighted by molar-refractivity contribution is -0.130. The minimum Gasteiger partial charge on any atom is -0.368 e. The standard InChI is InChI=1S/C18H20FN3O3S/c19-15-6-8-16(9-7-15)21-10-12-22(13-11-21)18(23)14-20-26(24,25)17-4-2-1-3-5-17/h1-9,20H,10-14H2. The Morgan fingerprint density at radius 2 is 1.58 bits per heavy atom. The Morgan fingerprint density at radius 3 is 2.19 bits per heavy atom. The molecule has 2 aromatic carbocycles. The lowest BCUT2D eigenvalue weighted by Gasteiger charge is -2.36. The quantitative estimate of drug-likeness (QED) is 0.856. The third-order valence-corrected chi connectivity index (χ3v) is 5.71. The van der Waals surface area contributed by atoms with Gasteiger partial charge in [0.25, 0.3) is 0 Å². The van der Waals surface area contributed by atoms with Gasteiger partial charge in [0.2, 0.25) is 15.9 Å². The Kier molecular flexibility index (Phi) is 5.53. The number of sulfonamides is 1. The first kappa shape index (κ1) is 18.3. The SMILES string of the molecule is O=C(CNS(=O)(=O)c1ccccc1)N1CCN(c2ccc(F)cc2)CC1. The molecule has 3 rings (SSSR count). The molecule has 26 heavy (non-hydrogen) atoms. The van der Waals surface area contributed by atoms with Crippen molar-refractivity contribution in [3.05, 3.63) is 60.4 Å². The first-order chi connectivity index (χ1) is 12.5. The van der Waals surface area contributed by atoms with Gasteiger partial charge in [0.05, 0.1) is 11.4 Å². The third-order valence-electron chi connectivity index (χ3n) is 4.29. The summed E-state index contributed by atoms with van der Waals surface area (Å²) in [5.74, 6) is -0.545. The Morgan fingerprint density at radius 1 is 0.962 bits per heavy atom. The van der Waals surface area contributed by atoms with Crippen molar-refractivity contribution >= 4 is 21.6 Å². The fraction of sp³-hybridized carbons (Fsp3) is 0.278. The molecular weight excluding hydrogens is 357 g/mol. The van der Waals surface area contributed by atoms with Crippen LogP contribution in [0.3, 0.4) is 0 Å². The monoisotopic (exact) mass is 377 g/mol. The van der Waals surface area contributed by atoms with Crippen LogP contribution in [-0.4, -0.2) is 51.9 Å². The molecule has 138 valence electrons. The highest BCUT2D eigenvalue weighted by Gasteiger charge is 2.23. The Hall–Kier alpha value is -2.45. The maximum Gasteiger partial charge on any atom is 0.241 e. The number of amides is 1. The predicted octanol–water partition coefficient (Wildman–Crippen LogP) is 1.45. The van der Waals surface area contributed by atoms with E-state index in [1.54, 1.807) is 35.2 Å². The van der Waals surface area contributed by atoms with Crippen LogP contribution in [0.15, 0.2) is 59.5 Å². The zero-order valence-corrected chi connectivity index (χ0v) is 15.0. The summed E-state index contributed by atoms with van der Waals surface area (Å²) in [4.78, 5) is 16.1. The van der Waals surface area contributed by atoms with Crippen molar-refractivity contribution in [3.63, 3.8) is 0 Å². The highest BCUT2D eigenvalue weighted by molar-refractivity contribution is 7.89. The Balaban J connectivity index is 1.52. The Bertz CT molecular complexity index is 849. The van der Waals surface area contributed by atoms with Crippen LogP contribution in [0.4, 0.5) is 10.1 Å². The molecule has 0 spiro atoms. The van der Waals surface area contributed by atoms with Crippen LogP contribution in [0.1, 0.15) is 0 Å². The number of nitrogens with zero attached hydrogens (tertiary/aromatic N) is 2. The molecule has 1 amide bonds. The zero-order chi connectivity index (χ0) is 18.6. The van der Waals surface area contributed by atoms with Gasteiger partial charge < -0.3 is 9.80 Å². The van der Waals surface area contributed by atoms with E-state index < -0.39 is 10.0 Å². The topological polar surface area (TPSA) is 69.7 Å². The predicted molar refractivity (Wildman–Crippen MR) is 96.8 cm³/mol. The van der Waals surface area contributed by atoms with Gasteiger partial charge in [-0.25, -0.2) is 17.5 Å². The summed E-state index contributed by atoms with van der Waals surface area (Å²) in [7, 11) is -3.70. The van der Waals surface area contributed by atoms with Crippen LogP contribution in [0.2, 0.25) is 0 Å². The summed E-state index contributed by atoms with van der Waals surface area (Å²) in [6, 6.07) is 14.2. The summed E-state index contributed by atoms with van der Waals surface area (Å²) in [6.45, 7) is 1.94. The average molecular weight is 377 g/mol. The average Bonchev–Trinajstić information content (AvgIpc) is 2.68. The molecule has 1 aliphatic rings. The lowest BCUT2D eigenvalue weighted by atomic mass is 10.2. The van der Waals surface area contributed by atoms with E-state index in [4.69, 9.17) is 0 Å². The van der Waals surface area contributed by atoms with Crippen LogP contribution < -0.4 is 9.62 Å². The maximum atomic E-state index is 13.0. The van der Waals surface area contributed by atoms with Crippen molar-refractivity contribution in [2.24, 2.45) is 0 Å². The molecule has 1 heterocycles. The number of carbonyl (C=O) groups is 1. The summed E-state index contributed by atoms with van der Waals surface area (Å²) in [5, 5.41) is 0. The minimum absolute atomic E-state index is 0.133. The fourth-order valence-electron chi connectivity index (χ4n) is 2.82. The zero-order valence-electron chi connectivity index (χ0n) is 14.1. The molecule has 6 nitrogen and oxygen atoms in total. The molecule has 1 saturated heterocycles. The largest absolute Gasteiger partial charge is 0.368 e. The van der Waals surface area contributed by atoms with Crippen LogP contribution in [0.25, 0.3) is 0 Å². The van der Waals surface area contributed by atoms with Crippen LogP contribution >= 0.6 is 0 Å². The number of benzene rings is 2. The number of halogens is 1. The normalized spacial score (nSPS) is 15.1. The first-order valence-electron chi connectivity index (χ1n) is 8.29. The lowest BCUT2D eigenvalue weighted by Crippen LogP contribution is -2.51. The molecule has 0 bridgehead atoms. The van der Waals surface area contributed by atoms with Gasteiger partial charge in [-0.1, -0.05) is 18.2 Å². The van der Waals surface area contributed by atoms with E-state index in [-0.39, 0.29) is 23.2 Å². The van der Waals surface area contributed by atoms with E-state index in [1.807, 2.05) is 0 Å². The molecule has 8 heteroatoms. The molecular formula is C18H20FN3O3S. The minimum atomic E-state index is -3.70. The van der Waals surface area contributed by atoms with Gasteiger partial charge in [-0.3, -0.25) is 4.79 Å². The van der Waals surface area contributed by atoms with E-state index >= 15 is 0 Å². The second kappa shape index (κ2) is 7.84. The van der Waals surface area contributed by atoms with Gasteiger partial charge in [0, 0.05) is 31.9 Å². The second-order valence-electron chi connectivity index (χ2n) is 5.98. The molecule has 0 saturated carbocycles. The van der Waals surface area contributed by atoms with E-state index in [1.165, 1.54) is 24.3 Å². The van der Waals surface area contributed by atoms with Crippen LogP contribution in [0.5, 0.6) is 0 Å². The molecule has 0 atom stereocenters. The molecule has 0 aliphatic carbocycles. The summed E-state index contributed by atoms with van der Waals surface area (Å²) >= 11 is 0. The Labute approximate surface area is 152 Å². The highest BCUT2D eigenvalue weighted by atomic mass is 32.2. The van der Waals surface area contributed by atoms with E-state index in [2.05, 4.69) is 9.62 Å². The van der Waals surface area contributed by atoms with Crippen LogP contribution in [0, 0.1) is 5.82 Å². The molecule has 1 aliphatic heterocycles. The van der Waals surface area contributed by atoms with Crippen molar-refractivity contribution in [1.29, 1.82) is 0 Å². The van der Waals surface area contributed by atoms with Crippen molar-refractivity contribution in [2.45, 2.75) is 4.90 Å². The van der Waals surface area contributed by atoms with Crippen LogP contribution in [-0.2, 0) is 14.8 Å². The summed E-state index contributed by atoms with van der Waals surface area (Å²) in [5.41, 5.74) is 0.906. The number of hydrogen-bond acceptors (Lipinski definition) is 4. The van der Waals surface area contributed by atoms with Gasteiger partial charge in [-0.2, -0.15) is 0 Å². The molecule has 0 radical (unpaired) electrons. The number of nitrogens with one attached hydrogen (secondary N) is 1.